The number of halogens is 4. The summed E-state index contributed by atoms with van der Waals surface area (Å²) in [6, 6.07) is 0. The molecule has 0 aliphatic rings. The van der Waals surface area contributed by atoms with Crippen molar-refractivity contribution >= 4 is 79.1 Å². The molecule has 0 fully saturated rings. The molecule has 10 heteroatoms. The van der Waals surface area contributed by atoms with Gasteiger partial charge in [-0.25, -0.2) is 9.40 Å². The van der Waals surface area contributed by atoms with Gasteiger partial charge in [-0.15, -0.1) is 11.1 Å². The summed E-state index contributed by atoms with van der Waals surface area (Å²) < 4.78 is 16.1. The summed E-state index contributed by atoms with van der Waals surface area (Å²) in [5.74, 6) is 3.38. The van der Waals surface area contributed by atoms with Crippen LogP contribution in [0.25, 0.3) is 0 Å². The van der Waals surface area contributed by atoms with Gasteiger partial charge >= 0.3 is 5.82 Å². The number of hydrogen-bond donors (Lipinski definition) is 2. The molecule has 1 aromatic rings. The monoisotopic (exact) mass is 564 g/mol. The van der Waals surface area contributed by atoms with Crippen LogP contribution in [0.4, 0.5) is 21.6 Å². The van der Waals surface area contributed by atoms with Crippen LogP contribution in [-0.4, -0.2) is 44.4 Å². The van der Waals surface area contributed by atoms with Crippen LogP contribution in [-0.2, 0) is 0 Å². The van der Waals surface area contributed by atoms with Crippen LogP contribution in [0.3, 0.4) is 0 Å². The molecule has 1 atom stereocenters. The van der Waals surface area contributed by atoms with Gasteiger partial charge in [-0.05, 0) is 29.5 Å². The molecule has 0 spiro atoms. The number of alkyl halides is 2. The van der Waals surface area contributed by atoms with E-state index >= 15 is 0 Å². The van der Waals surface area contributed by atoms with Crippen molar-refractivity contribution in [2.45, 2.75) is 11.4 Å². The molecule has 1 rings (SSSR count). The van der Waals surface area contributed by atoms with Gasteiger partial charge in [0.25, 0.3) is 4.46 Å². The minimum atomic E-state index is -2.01. The third-order valence-electron chi connectivity index (χ3n) is 3.35. The predicted octanol–water partition coefficient (Wildman–Crippen LogP) is 3.22. The molecule has 1 heterocycles. The number of nitrogens with one attached hydrogen (secondary N) is 1. The summed E-state index contributed by atoms with van der Waals surface area (Å²) in [5.41, 5.74) is 7.62. The summed E-state index contributed by atoms with van der Waals surface area (Å²) in [4.78, 5) is 1.91. The normalized spacial score (nSPS) is 13.1. The van der Waals surface area contributed by atoms with Crippen molar-refractivity contribution in [1.29, 1.82) is 0 Å². The second-order valence-corrected chi connectivity index (χ2v) is 9.16. The van der Waals surface area contributed by atoms with Gasteiger partial charge in [0, 0.05) is 23.0 Å². The maximum absolute atomic E-state index is 14.7. The Labute approximate surface area is 180 Å². The Bertz CT molecular complexity index is 669. The van der Waals surface area contributed by atoms with Gasteiger partial charge < -0.3 is 11.1 Å². The number of hydrogen-bond acceptors (Lipinski definition) is 5. The van der Waals surface area contributed by atoms with E-state index in [1.807, 2.05) is 30.6 Å². The molecule has 3 N–H and O–H groups in total. The number of nitrogens with zero attached hydrogens (tertiary/aromatic N) is 3. The molecule has 5 nitrogen and oxygen atoms in total. The van der Waals surface area contributed by atoms with Gasteiger partial charge in [0.2, 0.25) is 4.60 Å². The van der Waals surface area contributed by atoms with Crippen molar-refractivity contribution in [3.8, 4) is 12.3 Å². The lowest BCUT2D eigenvalue weighted by Crippen LogP contribution is -2.63. The van der Waals surface area contributed by atoms with Crippen molar-refractivity contribution < 1.29 is 9.07 Å². The van der Waals surface area contributed by atoms with Gasteiger partial charge in [-0.3, -0.25) is 4.90 Å². The maximum Gasteiger partial charge on any atom is 0.326 e. The molecule has 1 unspecified atom stereocenters. The van der Waals surface area contributed by atoms with Gasteiger partial charge in [-0.2, -0.15) is 0 Å². The first-order chi connectivity index (χ1) is 11.6. The molecule has 0 bridgehead atoms. The van der Waals surface area contributed by atoms with Crippen LogP contribution in [0, 0.1) is 15.9 Å². The molecule has 0 radical (unpaired) electrons. The Kier molecular flexibility index (Phi) is 8.71. The standard InChI is InChI=1S/C15H21BrClFIN5S/c1-6-8-25-15(17,18)9-23(7-2)24-13(16)10(19)11(20)12(21-3)14(24)22(4)5/h1,20-21H,7-9H2,2-5H3/p+1. The lowest BCUT2D eigenvalue weighted by molar-refractivity contribution is -0.691. The molecule has 140 valence electrons. The van der Waals surface area contributed by atoms with Crippen molar-refractivity contribution in [2.24, 2.45) is 0 Å². The summed E-state index contributed by atoms with van der Waals surface area (Å²) in [5, 5.41) is 4.94. The van der Waals surface area contributed by atoms with Gasteiger partial charge in [0.1, 0.15) is 6.54 Å². The number of nitrogens with two attached hydrogens (primary N) is 1. The number of terminal acetylenes is 1. The number of thioether (sulfide) groups is 1. The summed E-state index contributed by atoms with van der Waals surface area (Å²) in [7, 11) is 5.60. The van der Waals surface area contributed by atoms with E-state index in [0.29, 0.717) is 12.2 Å². The maximum atomic E-state index is 14.7. The van der Waals surface area contributed by atoms with E-state index in [9.17, 15) is 4.39 Å². The average Bonchev–Trinajstić information content (AvgIpc) is 2.55. The molecule has 0 aromatic carbocycles. The molecule has 0 saturated carbocycles. The summed E-state index contributed by atoms with van der Waals surface area (Å²) in [6.45, 7) is 2.41. The Hall–Kier alpha value is -0.310. The smallest absolute Gasteiger partial charge is 0.326 e. The first-order valence-electron chi connectivity index (χ1n) is 7.39. The zero-order valence-corrected chi connectivity index (χ0v) is 19.9. The highest BCUT2D eigenvalue weighted by Crippen LogP contribution is 2.36. The van der Waals surface area contributed by atoms with Crippen LogP contribution < -0.4 is 25.6 Å². The van der Waals surface area contributed by atoms with Crippen LogP contribution in [0.2, 0.25) is 0 Å². The third kappa shape index (κ3) is 5.34. The SMILES string of the molecule is C#CCSC(F)(Cl)CN(CC)[n+]1c(Br)c(I)c(N)c(NC)c1N(C)C. The fraction of sp³-hybridized carbons (Fsp3) is 0.533. The van der Waals surface area contributed by atoms with E-state index < -0.39 is 4.46 Å². The van der Waals surface area contributed by atoms with E-state index in [4.69, 9.17) is 23.8 Å². The van der Waals surface area contributed by atoms with Crippen molar-refractivity contribution in [2.75, 3.05) is 60.9 Å². The fourth-order valence-electron chi connectivity index (χ4n) is 2.28. The van der Waals surface area contributed by atoms with Crippen molar-refractivity contribution in [3.05, 3.63) is 8.17 Å². The molecule has 0 aliphatic heterocycles. The van der Waals surface area contributed by atoms with Gasteiger partial charge in [-0.1, -0.05) is 29.3 Å². The zero-order chi connectivity index (χ0) is 19.4. The van der Waals surface area contributed by atoms with E-state index in [2.05, 4.69) is 49.8 Å². The fourth-order valence-corrected chi connectivity index (χ4v) is 4.22. The van der Waals surface area contributed by atoms with E-state index in [-0.39, 0.29) is 12.3 Å². The van der Waals surface area contributed by atoms with Crippen LogP contribution in [0.5, 0.6) is 0 Å². The van der Waals surface area contributed by atoms with E-state index in [1.165, 1.54) is 0 Å². The molecular formula is C15H22BrClFIN5S+. The average molecular weight is 566 g/mol. The highest BCUT2D eigenvalue weighted by molar-refractivity contribution is 14.1. The Morgan fingerprint density at radius 3 is 2.60 bits per heavy atom. The summed E-state index contributed by atoms with van der Waals surface area (Å²) >= 11 is 12.7. The van der Waals surface area contributed by atoms with Crippen molar-refractivity contribution in [3.63, 3.8) is 0 Å². The largest absolute Gasteiger partial charge is 0.396 e. The Morgan fingerprint density at radius 2 is 2.16 bits per heavy atom. The van der Waals surface area contributed by atoms with Crippen LogP contribution in [0.15, 0.2) is 4.60 Å². The molecule has 1 aromatic heterocycles. The highest BCUT2D eigenvalue weighted by Gasteiger charge is 2.36. The molecule has 25 heavy (non-hydrogen) atoms. The first kappa shape index (κ1) is 22.7. The number of rotatable bonds is 8. The van der Waals surface area contributed by atoms with Crippen LogP contribution >= 0.6 is 61.9 Å². The first-order valence-corrected chi connectivity index (χ1v) is 10.6. The molecule has 0 aliphatic carbocycles. The zero-order valence-electron chi connectivity index (χ0n) is 14.5. The minimum absolute atomic E-state index is 0.0509. The van der Waals surface area contributed by atoms with Crippen LogP contribution in [0.1, 0.15) is 6.92 Å². The lowest BCUT2D eigenvalue weighted by Gasteiger charge is -2.30. The quantitative estimate of drug-likeness (QED) is 0.167. The van der Waals surface area contributed by atoms with Gasteiger partial charge in [0.15, 0.2) is 5.69 Å². The molecule has 0 saturated heterocycles. The second-order valence-electron chi connectivity index (χ2n) is 5.28. The Balaban J connectivity index is 3.51. The topological polar surface area (TPSA) is 48.4 Å². The van der Waals surface area contributed by atoms with E-state index in [0.717, 1.165) is 31.4 Å². The second kappa shape index (κ2) is 9.58. The molecular weight excluding hydrogens is 544 g/mol. The number of aromatic nitrogens is 1. The highest BCUT2D eigenvalue weighted by atomic mass is 127. The molecule has 0 amide bonds. The number of anilines is 3. The number of pyridine rings is 1. The van der Waals surface area contributed by atoms with E-state index in [1.54, 1.807) is 12.1 Å². The third-order valence-corrected chi connectivity index (χ3v) is 7.23. The minimum Gasteiger partial charge on any atom is -0.396 e. The number of nitrogen functional groups attached to an aromatic ring is 1. The lowest BCUT2D eigenvalue weighted by atomic mass is 10.3. The van der Waals surface area contributed by atoms with Gasteiger partial charge in [0.05, 0.1) is 35.7 Å². The predicted molar refractivity (Wildman–Crippen MR) is 120 cm³/mol. The summed E-state index contributed by atoms with van der Waals surface area (Å²) in [6.07, 6.45) is 5.22. The van der Waals surface area contributed by atoms with Crippen molar-refractivity contribution in [1.82, 2.24) is 0 Å². The Morgan fingerprint density at radius 1 is 1.56 bits per heavy atom.